The summed E-state index contributed by atoms with van der Waals surface area (Å²) in [7, 11) is 0. The topological polar surface area (TPSA) is 87.3 Å². The molecule has 2 aromatic carbocycles. The molecule has 0 atom stereocenters. The average Bonchev–Trinajstić information content (AvgIpc) is 2.74. The highest BCUT2D eigenvalue weighted by Crippen LogP contribution is 2.24. The predicted molar refractivity (Wildman–Crippen MR) is 122 cm³/mol. The number of para-hydroxylation sites is 1. The maximum atomic E-state index is 12.5. The van der Waals surface area contributed by atoms with Crippen LogP contribution in [0.3, 0.4) is 0 Å². The van der Waals surface area contributed by atoms with Crippen molar-refractivity contribution in [3.8, 4) is 5.75 Å². The van der Waals surface area contributed by atoms with Gasteiger partial charge in [0.05, 0.1) is 24.0 Å². The van der Waals surface area contributed by atoms with E-state index >= 15 is 0 Å². The lowest BCUT2D eigenvalue weighted by Crippen LogP contribution is -2.41. The quantitative estimate of drug-likeness (QED) is 0.567. The summed E-state index contributed by atoms with van der Waals surface area (Å²) in [6, 6.07) is 14.9. The van der Waals surface area contributed by atoms with E-state index in [0.29, 0.717) is 36.4 Å². The Balaban J connectivity index is 1.51. The van der Waals surface area contributed by atoms with Gasteiger partial charge in [-0.15, -0.1) is 0 Å². The Hall–Kier alpha value is -3.35. The Bertz CT molecular complexity index is 1080. The lowest BCUT2D eigenvalue weighted by Gasteiger charge is -2.21. The first-order chi connectivity index (χ1) is 14.8. The lowest BCUT2D eigenvalue weighted by molar-refractivity contribution is 0.193. The summed E-state index contributed by atoms with van der Waals surface area (Å²) in [5.74, 6) is 1.23. The van der Waals surface area contributed by atoms with E-state index in [9.17, 15) is 9.59 Å². The van der Waals surface area contributed by atoms with Gasteiger partial charge < -0.3 is 19.9 Å². The Labute approximate surface area is 182 Å². The first-order valence-corrected chi connectivity index (χ1v) is 10.5. The van der Waals surface area contributed by atoms with Gasteiger partial charge in [0, 0.05) is 6.54 Å². The number of hydrogen-bond acceptors (Lipinski definition) is 4. The average molecular weight is 423 g/mol. The molecule has 0 aliphatic heterocycles. The van der Waals surface area contributed by atoms with E-state index in [0.717, 1.165) is 5.75 Å². The summed E-state index contributed by atoms with van der Waals surface area (Å²) < 4.78 is 5.73. The van der Waals surface area contributed by atoms with Gasteiger partial charge in [-0.1, -0.05) is 45.0 Å². The molecule has 2 amide bonds. The number of nitrogens with one attached hydrogen (secondary N) is 2. The molecule has 3 rings (SSSR count). The highest BCUT2D eigenvalue weighted by atomic mass is 16.5. The number of carbonyl (C=O) groups is 1. The number of carbonyl (C=O) groups excluding carboxylic acids is 1. The second-order valence-corrected chi connectivity index (χ2v) is 8.40. The van der Waals surface area contributed by atoms with Gasteiger partial charge in [0.2, 0.25) is 0 Å². The van der Waals surface area contributed by atoms with Crippen LogP contribution in [0.5, 0.6) is 5.75 Å². The number of amides is 2. The smallest absolute Gasteiger partial charge is 0.317 e. The number of ether oxygens (including phenoxy) is 1. The van der Waals surface area contributed by atoms with Gasteiger partial charge in [0.15, 0.2) is 0 Å². The molecule has 0 bridgehead atoms. The van der Waals surface area contributed by atoms with E-state index < -0.39 is 0 Å². The third kappa shape index (κ3) is 5.84. The summed E-state index contributed by atoms with van der Waals surface area (Å²) in [6.07, 6.45) is 0. The van der Waals surface area contributed by atoms with Crippen molar-refractivity contribution >= 4 is 16.9 Å². The monoisotopic (exact) mass is 422 g/mol. The fraction of sp³-hybridized carbons (Fsp3) is 0.375. The zero-order valence-corrected chi connectivity index (χ0v) is 18.6. The molecule has 7 heteroatoms. The maximum Gasteiger partial charge on any atom is 0.317 e. The normalized spacial score (nSPS) is 11.4. The molecule has 1 aromatic heterocycles. The molecule has 7 nitrogen and oxygen atoms in total. The summed E-state index contributed by atoms with van der Waals surface area (Å²) in [6.45, 7) is 9.82. The van der Waals surface area contributed by atoms with Crippen molar-refractivity contribution in [2.75, 3.05) is 19.7 Å². The van der Waals surface area contributed by atoms with E-state index in [4.69, 9.17) is 4.74 Å². The highest BCUT2D eigenvalue weighted by molar-refractivity contribution is 5.77. The fourth-order valence-electron chi connectivity index (χ4n) is 3.21. The SMILES string of the molecule is CCN(Cc1nc2ccccc2c(=O)[nH]1)C(=O)NCCOc1ccc(C(C)(C)C)cc1. The van der Waals surface area contributed by atoms with Crippen molar-refractivity contribution in [2.45, 2.75) is 39.7 Å². The minimum atomic E-state index is -0.231. The number of aromatic nitrogens is 2. The fourth-order valence-corrected chi connectivity index (χ4v) is 3.21. The van der Waals surface area contributed by atoms with Gasteiger partial charge in [-0.25, -0.2) is 9.78 Å². The molecule has 0 spiro atoms. The number of aromatic amines is 1. The van der Waals surface area contributed by atoms with Crippen molar-refractivity contribution in [1.29, 1.82) is 0 Å². The van der Waals surface area contributed by atoms with Crippen LogP contribution < -0.4 is 15.6 Å². The second-order valence-electron chi connectivity index (χ2n) is 8.40. The molecule has 1 heterocycles. The Kier molecular flexibility index (Phi) is 6.95. The molecule has 164 valence electrons. The highest BCUT2D eigenvalue weighted by Gasteiger charge is 2.15. The Morgan fingerprint density at radius 1 is 1.13 bits per heavy atom. The molecule has 0 unspecified atom stereocenters. The van der Waals surface area contributed by atoms with Crippen LogP contribution in [-0.4, -0.2) is 40.6 Å². The van der Waals surface area contributed by atoms with Gasteiger partial charge in [-0.05, 0) is 42.2 Å². The van der Waals surface area contributed by atoms with Gasteiger partial charge >= 0.3 is 6.03 Å². The van der Waals surface area contributed by atoms with E-state index in [1.54, 1.807) is 23.1 Å². The molecular weight excluding hydrogens is 392 g/mol. The van der Waals surface area contributed by atoms with Crippen LogP contribution >= 0.6 is 0 Å². The molecule has 0 radical (unpaired) electrons. The summed E-state index contributed by atoms with van der Waals surface area (Å²) in [5, 5.41) is 3.39. The molecule has 0 fully saturated rings. The van der Waals surface area contributed by atoms with Crippen LogP contribution in [0.1, 0.15) is 39.1 Å². The summed E-state index contributed by atoms with van der Waals surface area (Å²) >= 11 is 0. The minimum Gasteiger partial charge on any atom is -0.492 e. The van der Waals surface area contributed by atoms with Crippen molar-refractivity contribution in [1.82, 2.24) is 20.2 Å². The number of urea groups is 1. The Morgan fingerprint density at radius 3 is 2.52 bits per heavy atom. The van der Waals surface area contributed by atoms with E-state index in [-0.39, 0.29) is 23.6 Å². The van der Waals surface area contributed by atoms with Crippen molar-refractivity contribution in [2.24, 2.45) is 0 Å². The van der Waals surface area contributed by atoms with E-state index in [1.165, 1.54) is 5.56 Å². The summed E-state index contributed by atoms with van der Waals surface area (Å²) in [5.41, 5.74) is 1.75. The molecule has 0 aliphatic carbocycles. The first-order valence-electron chi connectivity index (χ1n) is 10.5. The molecule has 3 aromatic rings. The summed E-state index contributed by atoms with van der Waals surface area (Å²) in [4.78, 5) is 33.6. The van der Waals surface area contributed by atoms with Crippen molar-refractivity contribution in [3.05, 3.63) is 70.3 Å². The zero-order valence-electron chi connectivity index (χ0n) is 18.6. The Morgan fingerprint density at radius 2 is 1.84 bits per heavy atom. The molecule has 31 heavy (non-hydrogen) atoms. The molecular formula is C24H30N4O3. The van der Waals surface area contributed by atoms with E-state index in [1.807, 2.05) is 25.1 Å². The molecule has 0 saturated heterocycles. The molecule has 2 N–H and O–H groups in total. The standard InChI is InChI=1S/C24H30N4O3/c1-5-28(16-21-26-20-9-7-6-8-19(20)22(29)27-21)23(30)25-14-15-31-18-12-10-17(11-13-18)24(2,3)4/h6-13H,5,14-16H2,1-4H3,(H,25,30)(H,26,27,29). The third-order valence-corrected chi connectivity index (χ3v) is 5.04. The van der Waals surface area contributed by atoms with Gasteiger partial charge in [-0.3, -0.25) is 4.79 Å². The number of benzene rings is 2. The van der Waals surface area contributed by atoms with Crippen LogP contribution in [0, 0.1) is 0 Å². The van der Waals surface area contributed by atoms with E-state index in [2.05, 4.69) is 48.2 Å². The van der Waals surface area contributed by atoms with Crippen LogP contribution in [0.15, 0.2) is 53.3 Å². The number of nitrogens with zero attached hydrogens (tertiary/aromatic N) is 2. The van der Waals surface area contributed by atoms with Gasteiger partial charge in [0.25, 0.3) is 5.56 Å². The van der Waals surface area contributed by atoms with Gasteiger partial charge in [-0.2, -0.15) is 0 Å². The number of hydrogen-bond donors (Lipinski definition) is 2. The second kappa shape index (κ2) is 9.64. The predicted octanol–water partition coefficient (Wildman–Crippen LogP) is 3.83. The van der Waals surface area contributed by atoms with Crippen LogP contribution in [0.4, 0.5) is 4.79 Å². The molecule has 0 saturated carbocycles. The third-order valence-electron chi connectivity index (χ3n) is 5.04. The number of H-pyrrole nitrogens is 1. The maximum absolute atomic E-state index is 12.5. The van der Waals surface area contributed by atoms with Crippen LogP contribution in [0.25, 0.3) is 10.9 Å². The zero-order chi connectivity index (χ0) is 22.4. The minimum absolute atomic E-state index is 0.0975. The van der Waals surface area contributed by atoms with Crippen LogP contribution in [-0.2, 0) is 12.0 Å². The first kappa shape index (κ1) is 22.3. The van der Waals surface area contributed by atoms with Gasteiger partial charge in [0.1, 0.15) is 18.2 Å². The number of rotatable bonds is 7. The van der Waals surface area contributed by atoms with Crippen molar-refractivity contribution in [3.63, 3.8) is 0 Å². The number of fused-ring (bicyclic) bond motifs is 1. The van der Waals surface area contributed by atoms with Crippen LogP contribution in [0.2, 0.25) is 0 Å². The lowest BCUT2D eigenvalue weighted by atomic mass is 9.87. The van der Waals surface area contributed by atoms with Crippen molar-refractivity contribution < 1.29 is 9.53 Å². The molecule has 0 aliphatic rings. The largest absolute Gasteiger partial charge is 0.492 e.